The van der Waals surface area contributed by atoms with Crippen LogP contribution in [0.15, 0.2) is 51.6 Å². The Morgan fingerprint density at radius 2 is 2.05 bits per heavy atom. The SMILES string of the molecule is C/C=C\N(/N=C/c1ccc(Br)s1)c1ccc(CC)cn1.CC. The van der Waals surface area contributed by atoms with Gasteiger partial charge in [-0.25, -0.2) is 9.99 Å². The van der Waals surface area contributed by atoms with E-state index in [1.807, 2.05) is 63.7 Å². The van der Waals surface area contributed by atoms with Gasteiger partial charge in [-0.3, -0.25) is 0 Å². The van der Waals surface area contributed by atoms with Crippen LogP contribution in [0.1, 0.15) is 38.1 Å². The Morgan fingerprint density at radius 1 is 1.27 bits per heavy atom. The third-order valence-corrected chi connectivity index (χ3v) is 4.20. The lowest BCUT2D eigenvalue weighted by Gasteiger charge is -2.12. The zero-order chi connectivity index (χ0) is 16.4. The van der Waals surface area contributed by atoms with Crippen LogP contribution in [0.4, 0.5) is 5.82 Å². The number of hydrazone groups is 1. The topological polar surface area (TPSA) is 28.5 Å². The van der Waals surface area contributed by atoms with Crippen LogP contribution in [0, 0.1) is 0 Å². The van der Waals surface area contributed by atoms with Crippen molar-refractivity contribution in [2.24, 2.45) is 5.10 Å². The number of rotatable bonds is 5. The van der Waals surface area contributed by atoms with Crippen LogP contribution in [0.25, 0.3) is 0 Å². The number of halogens is 1. The molecule has 0 atom stereocenters. The summed E-state index contributed by atoms with van der Waals surface area (Å²) in [6.45, 7) is 8.08. The number of aromatic nitrogens is 1. The Morgan fingerprint density at radius 3 is 2.55 bits per heavy atom. The lowest BCUT2D eigenvalue weighted by Crippen LogP contribution is -2.09. The second-order valence-corrected chi connectivity index (χ2v) is 6.59. The first-order valence-corrected chi connectivity index (χ1v) is 9.00. The van der Waals surface area contributed by atoms with Crippen molar-refractivity contribution in [1.82, 2.24) is 4.98 Å². The van der Waals surface area contributed by atoms with Crippen molar-refractivity contribution in [2.45, 2.75) is 34.1 Å². The smallest absolute Gasteiger partial charge is 0.153 e. The normalized spacial score (nSPS) is 10.8. The number of hydrogen-bond donors (Lipinski definition) is 0. The molecule has 0 radical (unpaired) electrons. The molecule has 0 saturated heterocycles. The summed E-state index contributed by atoms with van der Waals surface area (Å²) >= 11 is 5.09. The van der Waals surface area contributed by atoms with Gasteiger partial charge in [0.25, 0.3) is 0 Å². The lowest BCUT2D eigenvalue weighted by molar-refractivity contribution is 1.01. The third-order valence-electron chi connectivity index (χ3n) is 2.65. The summed E-state index contributed by atoms with van der Waals surface area (Å²) in [6.07, 6.45) is 8.56. The molecule has 0 aliphatic rings. The van der Waals surface area contributed by atoms with Crippen molar-refractivity contribution in [2.75, 3.05) is 5.01 Å². The summed E-state index contributed by atoms with van der Waals surface area (Å²) in [7, 11) is 0. The zero-order valence-electron chi connectivity index (χ0n) is 13.5. The molecule has 0 aliphatic heterocycles. The molecule has 0 fully saturated rings. The summed E-state index contributed by atoms with van der Waals surface area (Å²) in [5, 5.41) is 6.24. The van der Waals surface area contributed by atoms with Crippen LogP contribution in [0.2, 0.25) is 0 Å². The van der Waals surface area contributed by atoms with E-state index in [0.717, 1.165) is 20.9 Å². The molecule has 22 heavy (non-hydrogen) atoms. The number of anilines is 1. The van der Waals surface area contributed by atoms with Crippen molar-refractivity contribution >= 4 is 39.3 Å². The van der Waals surface area contributed by atoms with Gasteiger partial charge in [0.15, 0.2) is 5.82 Å². The third kappa shape index (κ3) is 5.73. The highest BCUT2D eigenvalue weighted by atomic mass is 79.9. The van der Waals surface area contributed by atoms with Gasteiger partial charge in [0, 0.05) is 17.3 Å². The minimum absolute atomic E-state index is 0.812. The molecule has 0 unspecified atom stereocenters. The van der Waals surface area contributed by atoms with Crippen molar-refractivity contribution in [1.29, 1.82) is 0 Å². The van der Waals surface area contributed by atoms with E-state index < -0.39 is 0 Å². The summed E-state index contributed by atoms with van der Waals surface area (Å²) in [6, 6.07) is 8.11. The number of nitrogens with zero attached hydrogens (tertiary/aromatic N) is 3. The average molecular weight is 380 g/mol. The number of allylic oxidation sites excluding steroid dienone is 1. The molecule has 0 amide bonds. The summed E-state index contributed by atoms with van der Waals surface area (Å²) in [4.78, 5) is 5.54. The van der Waals surface area contributed by atoms with Gasteiger partial charge < -0.3 is 0 Å². The Kier molecular flexibility index (Phi) is 8.70. The molecular weight excluding hydrogens is 358 g/mol. The van der Waals surface area contributed by atoms with Gasteiger partial charge in [-0.2, -0.15) is 5.10 Å². The van der Waals surface area contributed by atoms with E-state index in [2.05, 4.69) is 39.0 Å². The van der Waals surface area contributed by atoms with E-state index in [-0.39, 0.29) is 0 Å². The zero-order valence-corrected chi connectivity index (χ0v) is 15.9. The highest BCUT2D eigenvalue weighted by molar-refractivity contribution is 9.11. The van der Waals surface area contributed by atoms with Crippen LogP contribution >= 0.6 is 27.3 Å². The summed E-state index contributed by atoms with van der Waals surface area (Å²) in [5.74, 6) is 0.812. The highest BCUT2D eigenvalue weighted by Crippen LogP contribution is 2.21. The van der Waals surface area contributed by atoms with Crippen LogP contribution in [0.3, 0.4) is 0 Å². The molecule has 118 valence electrons. The van der Waals surface area contributed by atoms with Gasteiger partial charge in [0.05, 0.1) is 10.0 Å². The van der Waals surface area contributed by atoms with Gasteiger partial charge in [0.1, 0.15) is 0 Å². The first kappa shape index (κ1) is 18.6. The average Bonchev–Trinajstić information content (AvgIpc) is 2.99. The van der Waals surface area contributed by atoms with Crippen molar-refractivity contribution in [3.8, 4) is 0 Å². The van der Waals surface area contributed by atoms with Crippen LogP contribution in [-0.2, 0) is 6.42 Å². The predicted octanol–water partition coefficient (Wildman–Crippen LogP) is 5.87. The lowest BCUT2D eigenvalue weighted by atomic mass is 10.2. The van der Waals surface area contributed by atoms with Crippen molar-refractivity contribution in [3.63, 3.8) is 0 Å². The van der Waals surface area contributed by atoms with Gasteiger partial charge in [-0.1, -0.05) is 32.9 Å². The van der Waals surface area contributed by atoms with E-state index >= 15 is 0 Å². The maximum Gasteiger partial charge on any atom is 0.153 e. The fourth-order valence-electron chi connectivity index (χ4n) is 1.59. The number of pyridine rings is 1. The van der Waals surface area contributed by atoms with E-state index in [4.69, 9.17) is 0 Å². The number of thiophene rings is 1. The van der Waals surface area contributed by atoms with Crippen LogP contribution in [-0.4, -0.2) is 11.2 Å². The second kappa shape index (κ2) is 10.3. The molecule has 2 rings (SSSR count). The van der Waals surface area contributed by atoms with E-state index in [9.17, 15) is 0 Å². The molecule has 3 nitrogen and oxygen atoms in total. The van der Waals surface area contributed by atoms with Gasteiger partial charge in [-0.15, -0.1) is 11.3 Å². The van der Waals surface area contributed by atoms with E-state index in [1.165, 1.54) is 5.56 Å². The highest BCUT2D eigenvalue weighted by Gasteiger charge is 2.02. The monoisotopic (exact) mass is 379 g/mol. The Labute approximate surface area is 145 Å². The fraction of sp³-hybridized carbons (Fsp3) is 0.294. The summed E-state index contributed by atoms with van der Waals surface area (Å²) in [5.41, 5.74) is 1.22. The van der Waals surface area contributed by atoms with Gasteiger partial charge >= 0.3 is 0 Å². The Hall–Kier alpha value is -1.46. The molecule has 5 heteroatoms. The molecule has 0 spiro atoms. The maximum absolute atomic E-state index is 4.47. The molecule has 0 bridgehead atoms. The molecule has 0 saturated carbocycles. The molecule has 0 aromatic carbocycles. The van der Waals surface area contributed by atoms with Crippen LogP contribution in [0.5, 0.6) is 0 Å². The number of aryl methyl sites for hydroxylation is 1. The first-order valence-electron chi connectivity index (χ1n) is 7.39. The summed E-state index contributed by atoms with van der Waals surface area (Å²) < 4.78 is 1.10. The minimum atomic E-state index is 0.812. The fourth-order valence-corrected chi connectivity index (χ4v) is 2.88. The first-order chi connectivity index (χ1) is 10.7. The van der Waals surface area contributed by atoms with E-state index in [1.54, 1.807) is 16.3 Å². The second-order valence-electron chi connectivity index (χ2n) is 4.09. The van der Waals surface area contributed by atoms with E-state index in [0.29, 0.717) is 0 Å². The molecule has 0 N–H and O–H groups in total. The predicted molar refractivity (Wildman–Crippen MR) is 102 cm³/mol. The molecular formula is C17H22BrN3S. The van der Waals surface area contributed by atoms with Gasteiger partial charge in [-0.05, 0) is 53.0 Å². The largest absolute Gasteiger partial charge is 0.237 e. The molecule has 2 aromatic rings. The van der Waals surface area contributed by atoms with Crippen molar-refractivity contribution < 1.29 is 0 Å². The van der Waals surface area contributed by atoms with Gasteiger partial charge in [0.2, 0.25) is 0 Å². The molecule has 0 aliphatic carbocycles. The number of hydrogen-bond acceptors (Lipinski definition) is 4. The Bertz CT molecular complexity index is 603. The standard InChI is InChI=1S/C15H16BrN3S.C2H6/c1-3-9-19(15-8-5-12(4-2)10-17-15)18-11-13-6-7-14(16)20-13;1-2/h3,5-11H,4H2,1-2H3;1-2H3/b9-3-,18-11+;. The molecule has 2 aromatic heterocycles. The Balaban J connectivity index is 0.00000116. The quantitative estimate of drug-likeness (QED) is 0.480. The minimum Gasteiger partial charge on any atom is -0.237 e. The maximum atomic E-state index is 4.47. The van der Waals surface area contributed by atoms with Crippen LogP contribution < -0.4 is 5.01 Å². The van der Waals surface area contributed by atoms with Crippen molar-refractivity contribution in [3.05, 3.63) is 57.0 Å². The molecule has 2 heterocycles.